The summed E-state index contributed by atoms with van der Waals surface area (Å²) in [6, 6.07) is 30.6. The van der Waals surface area contributed by atoms with Crippen LogP contribution < -0.4 is 10.1 Å². The van der Waals surface area contributed by atoms with Gasteiger partial charge in [-0.15, -0.1) is 0 Å². The van der Waals surface area contributed by atoms with Crippen molar-refractivity contribution in [2.24, 2.45) is 0 Å². The number of nitrogens with one attached hydrogen (secondary N) is 1. The Morgan fingerprint density at radius 3 is 2.55 bits per heavy atom. The molecule has 0 unspecified atom stereocenters. The largest absolute Gasteiger partial charge is 0.457 e. The minimum absolute atomic E-state index is 0.758. The van der Waals surface area contributed by atoms with Gasteiger partial charge in [-0.05, 0) is 30.7 Å². The Morgan fingerprint density at radius 1 is 0.839 bits per heavy atom. The van der Waals surface area contributed by atoms with Crippen LogP contribution in [0.1, 0.15) is 11.1 Å². The van der Waals surface area contributed by atoms with Gasteiger partial charge in [0, 0.05) is 42.3 Å². The highest BCUT2D eigenvalue weighted by atomic mass is 16.5. The summed E-state index contributed by atoms with van der Waals surface area (Å²) in [4.78, 5) is 4.74. The zero-order valence-corrected chi connectivity index (χ0v) is 17.3. The molecule has 4 heteroatoms. The Bertz CT molecular complexity index is 1320. The average molecular weight is 406 g/mol. The van der Waals surface area contributed by atoms with Crippen LogP contribution in [0.3, 0.4) is 0 Å². The molecule has 3 aromatic carbocycles. The number of nitrogens with zero attached hydrogens (tertiary/aromatic N) is 2. The van der Waals surface area contributed by atoms with E-state index in [-0.39, 0.29) is 0 Å². The lowest BCUT2D eigenvalue weighted by atomic mass is 10.1. The third kappa shape index (κ3) is 4.43. The van der Waals surface area contributed by atoms with E-state index in [0.29, 0.717) is 0 Å². The summed E-state index contributed by atoms with van der Waals surface area (Å²) in [5, 5.41) is 3.47. The quantitative estimate of drug-likeness (QED) is 0.341. The third-order valence-corrected chi connectivity index (χ3v) is 5.15. The Morgan fingerprint density at radius 2 is 1.68 bits per heavy atom. The molecule has 0 atom stereocenters. The van der Waals surface area contributed by atoms with E-state index >= 15 is 0 Å². The fourth-order valence-electron chi connectivity index (χ4n) is 3.61. The van der Waals surface area contributed by atoms with Gasteiger partial charge in [0.1, 0.15) is 17.1 Å². The number of hydrogen-bond acceptors (Lipinski definition) is 3. The van der Waals surface area contributed by atoms with E-state index < -0.39 is 0 Å². The molecule has 0 amide bonds. The van der Waals surface area contributed by atoms with Gasteiger partial charge in [-0.3, -0.25) is 0 Å². The maximum atomic E-state index is 6.12. The van der Waals surface area contributed by atoms with Crippen molar-refractivity contribution in [1.82, 2.24) is 9.38 Å². The van der Waals surface area contributed by atoms with Crippen LogP contribution in [-0.4, -0.2) is 9.38 Å². The fraction of sp³-hybridized carbons (Fsp3) is 0.0741. The Kier molecular flexibility index (Phi) is 5.11. The number of ether oxygens (including phenoxy) is 1. The molecule has 152 valence electrons. The Balaban J connectivity index is 1.32. The normalized spacial score (nSPS) is 10.9. The zero-order chi connectivity index (χ0) is 21.0. The number of pyridine rings is 1. The van der Waals surface area contributed by atoms with Gasteiger partial charge in [0.05, 0.1) is 5.69 Å². The first kappa shape index (κ1) is 18.9. The van der Waals surface area contributed by atoms with Crippen LogP contribution in [0, 0.1) is 6.92 Å². The van der Waals surface area contributed by atoms with Gasteiger partial charge in [0.25, 0.3) is 0 Å². The second-order valence-corrected chi connectivity index (χ2v) is 7.59. The maximum Gasteiger partial charge on any atom is 0.141 e. The molecule has 1 N–H and O–H groups in total. The first-order valence-corrected chi connectivity index (χ1v) is 10.3. The summed E-state index contributed by atoms with van der Waals surface area (Å²) < 4.78 is 8.13. The van der Waals surface area contributed by atoms with Gasteiger partial charge in [0.2, 0.25) is 0 Å². The second-order valence-electron chi connectivity index (χ2n) is 7.59. The Labute approximate surface area is 181 Å². The van der Waals surface area contributed by atoms with E-state index in [1.807, 2.05) is 71.4 Å². The van der Waals surface area contributed by atoms with Crippen LogP contribution in [0.25, 0.3) is 16.9 Å². The van der Waals surface area contributed by atoms with Gasteiger partial charge in [-0.1, -0.05) is 66.2 Å². The lowest BCUT2D eigenvalue weighted by Crippen LogP contribution is -1.99. The summed E-state index contributed by atoms with van der Waals surface area (Å²) in [7, 11) is 0. The molecule has 0 saturated heterocycles. The van der Waals surface area contributed by atoms with Crippen LogP contribution in [0.2, 0.25) is 0 Å². The molecule has 0 radical (unpaired) electrons. The summed E-state index contributed by atoms with van der Waals surface area (Å²) in [6.45, 7) is 2.88. The zero-order valence-electron chi connectivity index (χ0n) is 17.3. The number of rotatable bonds is 6. The van der Waals surface area contributed by atoms with Crippen molar-refractivity contribution in [2.75, 3.05) is 5.32 Å². The molecular weight excluding hydrogens is 382 g/mol. The van der Waals surface area contributed by atoms with Gasteiger partial charge in [-0.25, -0.2) is 4.98 Å². The molecule has 4 nitrogen and oxygen atoms in total. The minimum atomic E-state index is 0.758. The molecular formula is C27H23N3O. The fourth-order valence-corrected chi connectivity index (χ4v) is 3.61. The van der Waals surface area contributed by atoms with Crippen LogP contribution in [0.15, 0.2) is 103 Å². The molecule has 2 heterocycles. The third-order valence-electron chi connectivity index (χ3n) is 5.15. The number of hydrogen-bond donors (Lipinski definition) is 1. The molecule has 5 aromatic rings. The van der Waals surface area contributed by atoms with E-state index in [0.717, 1.165) is 40.6 Å². The smallest absolute Gasteiger partial charge is 0.141 e. The lowest BCUT2D eigenvalue weighted by Gasteiger charge is -2.10. The predicted octanol–water partition coefficient (Wildman–Crippen LogP) is 6.71. The summed E-state index contributed by atoms with van der Waals surface area (Å²) in [5.41, 5.74) is 6.44. The van der Waals surface area contributed by atoms with Crippen LogP contribution in [0.4, 0.5) is 5.69 Å². The molecule has 0 saturated carbocycles. The highest BCUT2D eigenvalue weighted by Gasteiger charge is 2.06. The standard InChI is InChI=1S/C27H23N3O/c1-20-7-5-8-21(15-20)18-28-23-11-6-12-24(16-23)31-25-13-14-30-19-26(29-27(30)17-25)22-9-3-2-4-10-22/h2-17,19,28H,18H2,1H3. The van der Waals surface area contributed by atoms with Crippen molar-refractivity contribution in [3.63, 3.8) is 0 Å². The van der Waals surface area contributed by atoms with Crippen molar-refractivity contribution in [2.45, 2.75) is 13.5 Å². The number of aryl methyl sites for hydroxylation is 1. The number of aromatic nitrogens is 2. The molecule has 0 spiro atoms. The monoisotopic (exact) mass is 405 g/mol. The van der Waals surface area contributed by atoms with Crippen molar-refractivity contribution in [3.05, 3.63) is 115 Å². The maximum absolute atomic E-state index is 6.12. The highest BCUT2D eigenvalue weighted by molar-refractivity contribution is 5.63. The molecule has 5 rings (SSSR count). The summed E-state index contributed by atoms with van der Waals surface area (Å²) >= 11 is 0. The minimum Gasteiger partial charge on any atom is -0.457 e. The van der Waals surface area contributed by atoms with Crippen molar-refractivity contribution < 1.29 is 4.74 Å². The van der Waals surface area contributed by atoms with Gasteiger partial charge >= 0.3 is 0 Å². The topological polar surface area (TPSA) is 38.6 Å². The van der Waals surface area contributed by atoms with Gasteiger partial charge in [0.15, 0.2) is 0 Å². The molecule has 0 fully saturated rings. The molecule has 0 aliphatic carbocycles. The SMILES string of the molecule is Cc1cccc(CNc2cccc(Oc3ccn4cc(-c5ccccc5)nc4c3)c2)c1. The van der Waals surface area contributed by atoms with Crippen LogP contribution in [-0.2, 0) is 6.54 Å². The number of benzene rings is 3. The van der Waals surface area contributed by atoms with E-state index in [9.17, 15) is 0 Å². The molecule has 0 aliphatic rings. The molecule has 31 heavy (non-hydrogen) atoms. The van der Waals surface area contributed by atoms with Crippen molar-refractivity contribution >= 4 is 11.3 Å². The average Bonchev–Trinajstić information content (AvgIpc) is 3.22. The van der Waals surface area contributed by atoms with Crippen LogP contribution >= 0.6 is 0 Å². The molecule has 0 bridgehead atoms. The number of imidazole rings is 1. The highest BCUT2D eigenvalue weighted by Crippen LogP contribution is 2.27. The van der Waals surface area contributed by atoms with Crippen LogP contribution in [0.5, 0.6) is 11.5 Å². The van der Waals surface area contributed by atoms with E-state index in [4.69, 9.17) is 9.72 Å². The molecule has 2 aromatic heterocycles. The lowest BCUT2D eigenvalue weighted by molar-refractivity contribution is 0.482. The summed E-state index contributed by atoms with van der Waals surface area (Å²) in [6.07, 6.45) is 4.01. The molecule has 0 aliphatic heterocycles. The van der Waals surface area contributed by atoms with Crippen molar-refractivity contribution in [1.29, 1.82) is 0 Å². The van der Waals surface area contributed by atoms with E-state index in [1.54, 1.807) is 0 Å². The second kappa shape index (κ2) is 8.36. The summed E-state index contributed by atoms with van der Waals surface area (Å²) in [5.74, 6) is 1.54. The van der Waals surface area contributed by atoms with E-state index in [2.05, 4.69) is 48.6 Å². The van der Waals surface area contributed by atoms with Gasteiger partial charge in [-0.2, -0.15) is 0 Å². The number of fused-ring (bicyclic) bond motifs is 1. The Hall–Kier alpha value is -4.05. The van der Waals surface area contributed by atoms with Crippen molar-refractivity contribution in [3.8, 4) is 22.8 Å². The van der Waals surface area contributed by atoms with Gasteiger partial charge < -0.3 is 14.5 Å². The number of anilines is 1. The predicted molar refractivity (Wildman–Crippen MR) is 126 cm³/mol. The van der Waals surface area contributed by atoms with E-state index in [1.165, 1.54) is 11.1 Å². The first-order valence-electron chi connectivity index (χ1n) is 10.3. The first-order chi connectivity index (χ1) is 15.2.